The molecule has 100 valence electrons. The maximum Gasteiger partial charge on any atom is 0.417 e. The second-order valence-electron chi connectivity index (χ2n) is 3.82. The molecular formula is C14H13F3N2. The van der Waals surface area contributed by atoms with Crippen molar-refractivity contribution < 1.29 is 13.2 Å². The summed E-state index contributed by atoms with van der Waals surface area (Å²) in [6.07, 6.45) is -1.26. The lowest BCUT2D eigenvalue weighted by molar-refractivity contribution is -0.137. The summed E-state index contributed by atoms with van der Waals surface area (Å²) >= 11 is 0. The van der Waals surface area contributed by atoms with Gasteiger partial charge in [-0.25, -0.2) is 0 Å². The maximum atomic E-state index is 12.7. The molecule has 0 aliphatic carbocycles. The van der Waals surface area contributed by atoms with Gasteiger partial charge in [0.2, 0.25) is 0 Å². The Labute approximate surface area is 110 Å². The highest BCUT2D eigenvalue weighted by atomic mass is 19.4. The van der Waals surface area contributed by atoms with Gasteiger partial charge in [-0.05, 0) is 18.2 Å². The lowest BCUT2D eigenvalue weighted by atomic mass is 10.1. The van der Waals surface area contributed by atoms with Crippen LogP contribution in [0.2, 0.25) is 0 Å². The summed E-state index contributed by atoms with van der Waals surface area (Å²) in [5.74, 6) is 0. The van der Waals surface area contributed by atoms with Gasteiger partial charge < -0.3 is 4.90 Å². The normalized spacial score (nSPS) is 10.6. The molecule has 0 saturated carbocycles. The highest BCUT2D eigenvalue weighted by Gasteiger charge is 2.33. The molecule has 19 heavy (non-hydrogen) atoms. The summed E-state index contributed by atoms with van der Waals surface area (Å²) in [6, 6.07) is 5.08. The molecule has 1 aromatic carbocycles. The van der Waals surface area contributed by atoms with Crippen LogP contribution in [0.25, 0.3) is 0 Å². The number of anilines is 1. The van der Waals surface area contributed by atoms with Gasteiger partial charge in [-0.3, -0.25) is 0 Å². The first-order valence-electron chi connectivity index (χ1n) is 5.52. The molecule has 0 atom stereocenters. The van der Waals surface area contributed by atoms with Crippen molar-refractivity contribution in [2.75, 3.05) is 18.0 Å². The van der Waals surface area contributed by atoms with Crippen molar-refractivity contribution in [1.29, 1.82) is 5.26 Å². The summed E-state index contributed by atoms with van der Waals surface area (Å²) in [4.78, 5) is 1.76. The summed E-state index contributed by atoms with van der Waals surface area (Å²) in [5, 5.41) is 8.84. The van der Waals surface area contributed by atoms with Crippen molar-refractivity contribution in [3.05, 3.63) is 54.6 Å². The molecule has 0 amide bonds. The zero-order valence-electron chi connectivity index (χ0n) is 10.2. The van der Waals surface area contributed by atoms with E-state index in [1.165, 1.54) is 12.1 Å². The molecule has 0 radical (unpaired) electrons. The predicted molar refractivity (Wildman–Crippen MR) is 68.8 cm³/mol. The summed E-state index contributed by atoms with van der Waals surface area (Å²) < 4.78 is 38.0. The first-order chi connectivity index (χ1) is 8.93. The number of benzene rings is 1. The number of nitriles is 1. The highest BCUT2D eigenvalue weighted by molar-refractivity contribution is 5.56. The minimum absolute atomic E-state index is 0.386. The standard InChI is InChI=1S/C14H13F3N2/c1-3-7-19(8-4-2)12-5-6-13(14(15,16)17)11(9-12)10-18/h3-6,9H,1-2,7-8H2. The van der Waals surface area contributed by atoms with Gasteiger partial charge in [0.05, 0.1) is 17.2 Å². The molecule has 1 rings (SSSR count). The van der Waals surface area contributed by atoms with Crippen LogP contribution >= 0.6 is 0 Å². The Morgan fingerprint density at radius 2 is 1.79 bits per heavy atom. The molecule has 0 saturated heterocycles. The molecular weight excluding hydrogens is 253 g/mol. The third-order valence-corrected chi connectivity index (χ3v) is 2.49. The van der Waals surface area contributed by atoms with Gasteiger partial charge >= 0.3 is 6.18 Å². The zero-order chi connectivity index (χ0) is 14.5. The van der Waals surface area contributed by atoms with Crippen LogP contribution in [0, 0.1) is 11.3 Å². The van der Waals surface area contributed by atoms with E-state index in [0.717, 1.165) is 6.07 Å². The van der Waals surface area contributed by atoms with Crippen molar-refractivity contribution >= 4 is 5.69 Å². The van der Waals surface area contributed by atoms with E-state index in [9.17, 15) is 13.2 Å². The quantitative estimate of drug-likeness (QED) is 0.759. The minimum Gasteiger partial charge on any atom is -0.364 e. The van der Waals surface area contributed by atoms with Crippen LogP contribution in [0.3, 0.4) is 0 Å². The highest BCUT2D eigenvalue weighted by Crippen LogP contribution is 2.33. The van der Waals surface area contributed by atoms with Crippen LogP contribution in [0.1, 0.15) is 11.1 Å². The second-order valence-corrected chi connectivity index (χ2v) is 3.82. The molecule has 2 nitrogen and oxygen atoms in total. The van der Waals surface area contributed by atoms with E-state index in [2.05, 4.69) is 13.2 Å². The fourth-order valence-corrected chi connectivity index (χ4v) is 1.67. The monoisotopic (exact) mass is 266 g/mol. The average molecular weight is 266 g/mol. The zero-order valence-corrected chi connectivity index (χ0v) is 10.2. The molecule has 0 heterocycles. The van der Waals surface area contributed by atoms with Crippen LogP contribution < -0.4 is 4.90 Å². The van der Waals surface area contributed by atoms with Gasteiger partial charge in [-0.1, -0.05) is 12.2 Å². The summed E-state index contributed by atoms with van der Waals surface area (Å²) in [6.45, 7) is 8.09. The predicted octanol–water partition coefficient (Wildman–Crippen LogP) is 3.76. The van der Waals surface area contributed by atoms with E-state index in [1.807, 2.05) is 0 Å². The third kappa shape index (κ3) is 3.62. The Bertz CT molecular complexity index is 502. The van der Waals surface area contributed by atoms with Crippen molar-refractivity contribution in [2.24, 2.45) is 0 Å². The number of hydrogen-bond acceptors (Lipinski definition) is 2. The van der Waals surface area contributed by atoms with Gasteiger partial charge in [0.25, 0.3) is 0 Å². The summed E-state index contributed by atoms with van der Waals surface area (Å²) in [7, 11) is 0. The van der Waals surface area contributed by atoms with Gasteiger partial charge in [0, 0.05) is 18.8 Å². The van der Waals surface area contributed by atoms with Gasteiger partial charge in [-0.2, -0.15) is 18.4 Å². The molecule has 0 aliphatic heterocycles. The van der Waals surface area contributed by atoms with E-state index < -0.39 is 11.7 Å². The first-order valence-corrected chi connectivity index (χ1v) is 5.52. The molecule has 1 aromatic rings. The topological polar surface area (TPSA) is 27.0 Å². The van der Waals surface area contributed by atoms with Crippen LogP contribution in [0.15, 0.2) is 43.5 Å². The minimum atomic E-state index is -4.52. The molecule has 0 bridgehead atoms. The lowest BCUT2D eigenvalue weighted by Gasteiger charge is -2.22. The average Bonchev–Trinajstić information content (AvgIpc) is 2.36. The van der Waals surface area contributed by atoms with Crippen LogP contribution in [-0.2, 0) is 6.18 Å². The number of hydrogen-bond donors (Lipinski definition) is 0. The molecule has 0 aliphatic rings. The largest absolute Gasteiger partial charge is 0.417 e. The summed E-state index contributed by atoms with van der Waals surface area (Å²) in [5.41, 5.74) is -0.775. The van der Waals surface area contributed by atoms with Gasteiger partial charge in [0.15, 0.2) is 0 Å². The SMILES string of the molecule is C=CCN(CC=C)c1ccc(C(F)(F)F)c(C#N)c1. The Morgan fingerprint density at radius 1 is 1.21 bits per heavy atom. The molecule has 0 N–H and O–H groups in total. The molecule has 0 aromatic heterocycles. The smallest absolute Gasteiger partial charge is 0.364 e. The van der Waals surface area contributed by atoms with Gasteiger partial charge in [0.1, 0.15) is 0 Å². The van der Waals surface area contributed by atoms with E-state index in [0.29, 0.717) is 18.8 Å². The lowest BCUT2D eigenvalue weighted by Crippen LogP contribution is -2.23. The van der Waals surface area contributed by atoms with Crippen LogP contribution in [0.5, 0.6) is 0 Å². The molecule has 0 unspecified atom stereocenters. The maximum absolute atomic E-state index is 12.7. The fourth-order valence-electron chi connectivity index (χ4n) is 1.67. The number of halogens is 3. The van der Waals surface area contributed by atoms with Crippen molar-refractivity contribution in [3.63, 3.8) is 0 Å². The number of nitrogens with zero attached hydrogens (tertiary/aromatic N) is 2. The number of rotatable bonds is 5. The van der Waals surface area contributed by atoms with Crippen molar-refractivity contribution in [2.45, 2.75) is 6.18 Å². The van der Waals surface area contributed by atoms with Crippen LogP contribution in [-0.4, -0.2) is 13.1 Å². The van der Waals surface area contributed by atoms with Crippen molar-refractivity contribution in [3.8, 4) is 6.07 Å². The van der Waals surface area contributed by atoms with E-state index >= 15 is 0 Å². The third-order valence-electron chi connectivity index (χ3n) is 2.49. The molecule has 0 fully saturated rings. The fraction of sp³-hybridized carbons (Fsp3) is 0.214. The van der Waals surface area contributed by atoms with Gasteiger partial charge in [-0.15, -0.1) is 13.2 Å². The Morgan fingerprint density at radius 3 is 2.21 bits per heavy atom. The molecule has 0 spiro atoms. The van der Waals surface area contributed by atoms with Crippen molar-refractivity contribution in [1.82, 2.24) is 0 Å². The van der Waals surface area contributed by atoms with E-state index in [4.69, 9.17) is 5.26 Å². The Balaban J connectivity index is 3.22. The van der Waals surface area contributed by atoms with Crippen LogP contribution in [0.4, 0.5) is 18.9 Å². The number of alkyl halides is 3. The second kappa shape index (κ2) is 6.10. The Hall–Kier alpha value is -2.22. The van der Waals surface area contributed by atoms with E-state index in [1.54, 1.807) is 23.1 Å². The van der Waals surface area contributed by atoms with E-state index in [-0.39, 0.29) is 5.56 Å². The first kappa shape index (κ1) is 14.8. The molecule has 5 heteroatoms. The Kier molecular flexibility index (Phi) is 4.76.